The standard InChI is InChI=1S/C16H17N3OS/c1-12-3-5-13(6-4-12)10-18(2)11-14-9-15(20)19-7-8-21-16(19)17-14/h3-9H,10-11H2,1-2H3. The summed E-state index contributed by atoms with van der Waals surface area (Å²) in [5.74, 6) is 0. The van der Waals surface area contributed by atoms with Gasteiger partial charge in [-0.05, 0) is 19.5 Å². The third-order valence-corrected chi connectivity index (χ3v) is 4.12. The number of fused-ring (bicyclic) bond motifs is 1. The molecule has 0 unspecified atom stereocenters. The maximum absolute atomic E-state index is 11.9. The van der Waals surface area contributed by atoms with E-state index in [2.05, 4.69) is 41.1 Å². The summed E-state index contributed by atoms with van der Waals surface area (Å²) in [6, 6.07) is 10.1. The van der Waals surface area contributed by atoms with Gasteiger partial charge in [-0.2, -0.15) is 0 Å². The number of hydrogen-bond acceptors (Lipinski definition) is 4. The van der Waals surface area contributed by atoms with Crippen molar-refractivity contribution in [1.29, 1.82) is 0 Å². The van der Waals surface area contributed by atoms with E-state index in [0.717, 1.165) is 17.2 Å². The van der Waals surface area contributed by atoms with Crippen molar-refractivity contribution in [1.82, 2.24) is 14.3 Å². The third kappa shape index (κ3) is 3.20. The number of nitrogens with zero attached hydrogens (tertiary/aromatic N) is 3. The third-order valence-electron chi connectivity index (χ3n) is 3.36. The predicted octanol–water partition coefficient (Wildman–Crippen LogP) is 2.70. The highest BCUT2D eigenvalue weighted by Crippen LogP contribution is 2.10. The van der Waals surface area contributed by atoms with Gasteiger partial charge in [-0.25, -0.2) is 4.98 Å². The van der Waals surface area contributed by atoms with Crippen molar-refractivity contribution < 1.29 is 0 Å². The first-order valence-electron chi connectivity index (χ1n) is 6.82. The molecule has 0 aliphatic carbocycles. The number of aryl methyl sites for hydroxylation is 1. The Morgan fingerprint density at radius 2 is 2.00 bits per heavy atom. The Kier molecular flexibility index (Phi) is 3.86. The lowest BCUT2D eigenvalue weighted by Crippen LogP contribution is -2.21. The molecule has 0 aliphatic rings. The van der Waals surface area contributed by atoms with Crippen LogP contribution >= 0.6 is 11.3 Å². The van der Waals surface area contributed by atoms with Gasteiger partial charge in [-0.15, -0.1) is 11.3 Å². The van der Waals surface area contributed by atoms with Gasteiger partial charge in [0, 0.05) is 30.7 Å². The molecule has 0 fully saturated rings. The average Bonchev–Trinajstić information content (AvgIpc) is 2.90. The average molecular weight is 299 g/mol. The minimum Gasteiger partial charge on any atom is -0.296 e. The summed E-state index contributed by atoms with van der Waals surface area (Å²) in [6.45, 7) is 3.59. The molecular formula is C16H17N3OS. The van der Waals surface area contributed by atoms with Crippen molar-refractivity contribution in [3.8, 4) is 0 Å². The first-order valence-corrected chi connectivity index (χ1v) is 7.70. The molecular weight excluding hydrogens is 282 g/mol. The van der Waals surface area contributed by atoms with Gasteiger partial charge in [-0.3, -0.25) is 14.1 Å². The normalized spacial score (nSPS) is 11.4. The zero-order valence-electron chi connectivity index (χ0n) is 12.1. The van der Waals surface area contributed by atoms with Crippen LogP contribution in [0.4, 0.5) is 0 Å². The molecule has 2 heterocycles. The maximum atomic E-state index is 11.9. The molecule has 0 atom stereocenters. The summed E-state index contributed by atoms with van der Waals surface area (Å²) in [5.41, 5.74) is 3.33. The van der Waals surface area contributed by atoms with E-state index >= 15 is 0 Å². The molecule has 0 N–H and O–H groups in total. The van der Waals surface area contributed by atoms with Crippen LogP contribution in [0.3, 0.4) is 0 Å². The van der Waals surface area contributed by atoms with Crippen LogP contribution in [0, 0.1) is 6.92 Å². The van der Waals surface area contributed by atoms with E-state index < -0.39 is 0 Å². The zero-order valence-corrected chi connectivity index (χ0v) is 12.9. The molecule has 0 radical (unpaired) electrons. The van der Waals surface area contributed by atoms with Crippen LogP contribution in [0.1, 0.15) is 16.8 Å². The van der Waals surface area contributed by atoms with Crippen molar-refractivity contribution in [2.24, 2.45) is 0 Å². The summed E-state index contributed by atoms with van der Waals surface area (Å²) < 4.78 is 1.58. The fourth-order valence-electron chi connectivity index (χ4n) is 2.31. The Morgan fingerprint density at radius 3 is 2.76 bits per heavy atom. The summed E-state index contributed by atoms with van der Waals surface area (Å²) in [6.07, 6.45) is 1.76. The number of benzene rings is 1. The van der Waals surface area contributed by atoms with Crippen molar-refractivity contribution in [3.63, 3.8) is 0 Å². The second kappa shape index (κ2) is 5.79. The second-order valence-corrected chi connectivity index (χ2v) is 6.17. The van der Waals surface area contributed by atoms with Crippen LogP contribution in [0.2, 0.25) is 0 Å². The predicted molar refractivity (Wildman–Crippen MR) is 85.7 cm³/mol. The molecule has 0 amide bonds. The number of rotatable bonds is 4. The van der Waals surface area contributed by atoms with Gasteiger partial charge in [-0.1, -0.05) is 29.8 Å². The van der Waals surface area contributed by atoms with Crippen molar-refractivity contribution in [2.75, 3.05) is 7.05 Å². The van der Waals surface area contributed by atoms with Gasteiger partial charge in [0.05, 0.1) is 5.69 Å². The highest BCUT2D eigenvalue weighted by molar-refractivity contribution is 7.15. The molecule has 0 aliphatic heterocycles. The molecule has 3 aromatic rings. The minimum atomic E-state index is -0.0139. The van der Waals surface area contributed by atoms with Crippen molar-refractivity contribution in [3.05, 3.63) is 69.1 Å². The van der Waals surface area contributed by atoms with E-state index in [4.69, 9.17) is 0 Å². The van der Waals surface area contributed by atoms with Crippen LogP contribution in [0.25, 0.3) is 4.96 Å². The van der Waals surface area contributed by atoms with Crippen LogP contribution in [0.5, 0.6) is 0 Å². The molecule has 5 heteroatoms. The quantitative estimate of drug-likeness (QED) is 0.743. The Balaban J connectivity index is 1.75. The first-order chi connectivity index (χ1) is 10.1. The maximum Gasteiger partial charge on any atom is 0.258 e. The van der Waals surface area contributed by atoms with E-state index in [1.807, 2.05) is 12.4 Å². The van der Waals surface area contributed by atoms with E-state index in [9.17, 15) is 4.79 Å². The van der Waals surface area contributed by atoms with E-state index in [1.165, 1.54) is 22.5 Å². The Hall–Kier alpha value is -1.98. The fraction of sp³-hybridized carbons (Fsp3) is 0.250. The minimum absolute atomic E-state index is 0.0139. The van der Waals surface area contributed by atoms with Crippen molar-refractivity contribution >= 4 is 16.3 Å². The molecule has 108 valence electrons. The van der Waals surface area contributed by atoms with Gasteiger partial charge in [0.25, 0.3) is 5.56 Å². The highest BCUT2D eigenvalue weighted by Gasteiger charge is 2.07. The monoisotopic (exact) mass is 299 g/mol. The summed E-state index contributed by atoms with van der Waals surface area (Å²) >= 11 is 1.48. The molecule has 0 saturated carbocycles. The molecule has 0 bridgehead atoms. The molecule has 2 aromatic heterocycles. The van der Waals surface area contributed by atoms with Crippen LogP contribution < -0.4 is 5.56 Å². The Bertz CT molecular complexity index is 804. The Morgan fingerprint density at radius 1 is 1.24 bits per heavy atom. The van der Waals surface area contributed by atoms with Gasteiger partial charge in [0.15, 0.2) is 4.96 Å². The van der Waals surface area contributed by atoms with E-state index in [-0.39, 0.29) is 5.56 Å². The molecule has 0 spiro atoms. The lowest BCUT2D eigenvalue weighted by atomic mass is 10.1. The Labute approximate surface area is 127 Å². The lowest BCUT2D eigenvalue weighted by Gasteiger charge is -2.16. The summed E-state index contributed by atoms with van der Waals surface area (Å²) in [5, 5.41) is 1.88. The first kappa shape index (κ1) is 14.0. The largest absolute Gasteiger partial charge is 0.296 e. The zero-order chi connectivity index (χ0) is 14.8. The van der Waals surface area contributed by atoms with E-state index in [1.54, 1.807) is 16.7 Å². The van der Waals surface area contributed by atoms with Gasteiger partial charge in [0.1, 0.15) is 0 Å². The molecule has 4 nitrogen and oxygen atoms in total. The van der Waals surface area contributed by atoms with Crippen LogP contribution in [-0.2, 0) is 13.1 Å². The van der Waals surface area contributed by atoms with Gasteiger partial charge < -0.3 is 0 Å². The fourth-order valence-corrected chi connectivity index (χ4v) is 3.05. The van der Waals surface area contributed by atoms with E-state index in [0.29, 0.717) is 6.54 Å². The topological polar surface area (TPSA) is 37.6 Å². The number of hydrogen-bond donors (Lipinski definition) is 0. The number of thiazole rings is 1. The number of aromatic nitrogens is 2. The molecule has 21 heavy (non-hydrogen) atoms. The summed E-state index contributed by atoms with van der Waals surface area (Å²) in [7, 11) is 2.04. The van der Waals surface area contributed by atoms with Crippen LogP contribution in [0.15, 0.2) is 46.7 Å². The van der Waals surface area contributed by atoms with Crippen LogP contribution in [-0.4, -0.2) is 21.3 Å². The second-order valence-electron chi connectivity index (χ2n) is 5.30. The SMILES string of the molecule is Cc1ccc(CN(C)Cc2cc(=O)n3ccsc3n2)cc1. The lowest BCUT2D eigenvalue weighted by molar-refractivity contribution is 0.315. The smallest absolute Gasteiger partial charge is 0.258 e. The van der Waals surface area contributed by atoms with Gasteiger partial charge in [0.2, 0.25) is 0 Å². The molecule has 0 saturated heterocycles. The van der Waals surface area contributed by atoms with Crippen molar-refractivity contribution in [2.45, 2.75) is 20.0 Å². The highest BCUT2D eigenvalue weighted by atomic mass is 32.1. The molecule has 1 aromatic carbocycles. The van der Waals surface area contributed by atoms with Gasteiger partial charge >= 0.3 is 0 Å². The molecule has 3 rings (SSSR count). The summed E-state index contributed by atoms with van der Waals surface area (Å²) in [4.78, 5) is 19.4.